The van der Waals surface area contributed by atoms with Crippen molar-refractivity contribution in [3.05, 3.63) is 53.1 Å². The minimum absolute atomic E-state index is 0.0485. The van der Waals surface area contributed by atoms with Crippen molar-refractivity contribution in [1.29, 1.82) is 0 Å². The number of carbonyl (C=O) groups is 1. The molecule has 2 rings (SSSR count). The van der Waals surface area contributed by atoms with Gasteiger partial charge in [0.05, 0.1) is 12.8 Å². The van der Waals surface area contributed by atoms with Gasteiger partial charge in [0.1, 0.15) is 11.5 Å². The highest BCUT2D eigenvalue weighted by atomic mass is 16.5. The van der Waals surface area contributed by atoms with E-state index >= 15 is 0 Å². The van der Waals surface area contributed by atoms with Crippen LogP contribution in [-0.4, -0.2) is 19.0 Å². The molecule has 2 aromatic rings. The first-order valence-corrected chi connectivity index (χ1v) is 7.68. The number of anilines is 1. The molecule has 2 N–H and O–H groups in total. The predicted octanol–water partition coefficient (Wildman–Crippen LogP) is 3.93. The van der Waals surface area contributed by atoms with Crippen LogP contribution < -0.4 is 15.2 Å². The van der Waals surface area contributed by atoms with Crippen LogP contribution in [0, 0.1) is 13.8 Å². The van der Waals surface area contributed by atoms with E-state index in [2.05, 4.69) is 0 Å². The molecular formula is C19H23NO3. The molecule has 0 heterocycles. The van der Waals surface area contributed by atoms with Crippen LogP contribution >= 0.6 is 0 Å². The van der Waals surface area contributed by atoms with E-state index < -0.39 is 6.10 Å². The number of methoxy groups -OCH3 is 1. The normalized spacial score (nSPS) is 11.8. The van der Waals surface area contributed by atoms with Gasteiger partial charge in [0, 0.05) is 5.56 Å². The number of ketones is 1. The van der Waals surface area contributed by atoms with Crippen molar-refractivity contribution < 1.29 is 14.3 Å². The molecule has 4 heteroatoms. The molecule has 0 aliphatic rings. The van der Waals surface area contributed by atoms with Crippen LogP contribution in [0.15, 0.2) is 36.4 Å². The molecule has 0 aliphatic carbocycles. The second kappa shape index (κ2) is 7.18. The lowest BCUT2D eigenvalue weighted by Crippen LogP contribution is -2.27. The minimum atomic E-state index is -0.563. The van der Waals surface area contributed by atoms with E-state index in [9.17, 15) is 4.79 Å². The lowest BCUT2D eigenvalue weighted by molar-refractivity contribution is 0.0787. The summed E-state index contributed by atoms with van der Waals surface area (Å²) in [5.74, 6) is 1.23. The lowest BCUT2D eigenvalue weighted by atomic mass is 9.99. The Balaban J connectivity index is 2.24. The van der Waals surface area contributed by atoms with E-state index in [-0.39, 0.29) is 5.78 Å². The van der Waals surface area contributed by atoms with Gasteiger partial charge in [-0.25, -0.2) is 0 Å². The van der Waals surface area contributed by atoms with Gasteiger partial charge < -0.3 is 15.2 Å². The lowest BCUT2D eigenvalue weighted by Gasteiger charge is -2.19. The molecule has 0 bridgehead atoms. The number of hydrogen-bond acceptors (Lipinski definition) is 4. The molecule has 0 aromatic heterocycles. The first-order valence-electron chi connectivity index (χ1n) is 7.68. The highest BCUT2D eigenvalue weighted by Crippen LogP contribution is 2.26. The minimum Gasteiger partial charge on any atom is -0.497 e. The monoisotopic (exact) mass is 313 g/mol. The van der Waals surface area contributed by atoms with E-state index in [1.165, 1.54) is 0 Å². The Morgan fingerprint density at radius 2 is 1.91 bits per heavy atom. The fourth-order valence-corrected chi connectivity index (χ4v) is 2.46. The van der Waals surface area contributed by atoms with Crippen molar-refractivity contribution in [2.75, 3.05) is 12.8 Å². The third-order valence-corrected chi connectivity index (χ3v) is 3.80. The van der Waals surface area contributed by atoms with Gasteiger partial charge in [-0.3, -0.25) is 4.79 Å². The summed E-state index contributed by atoms with van der Waals surface area (Å²) in [5, 5.41) is 0. The molecule has 0 amide bonds. The van der Waals surface area contributed by atoms with Crippen LogP contribution in [-0.2, 0) is 0 Å². The van der Waals surface area contributed by atoms with Crippen LogP contribution in [0.25, 0.3) is 0 Å². The topological polar surface area (TPSA) is 61.5 Å². The van der Waals surface area contributed by atoms with Crippen LogP contribution in [0.1, 0.15) is 34.8 Å². The summed E-state index contributed by atoms with van der Waals surface area (Å²) in [4.78, 5) is 12.8. The fraction of sp³-hybridized carbons (Fsp3) is 0.316. The Morgan fingerprint density at radius 1 is 1.17 bits per heavy atom. The van der Waals surface area contributed by atoms with Gasteiger partial charge in [-0.2, -0.15) is 0 Å². The van der Waals surface area contributed by atoms with E-state index in [0.717, 1.165) is 16.9 Å². The average molecular weight is 313 g/mol. The summed E-state index contributed by atoms with van der Waals surface area (Å²) < 4.78 is 11.1. The zero-order valence-electron chi connectivity index (χ0n) is 14.1. The zero-order valence-corrected chi connectivity index (χ0v) is 14.1. The van der Waals surface area contributed by atoms with Crippen LogP contribution in [0.2, 0.25) is 0 Å². The van der Waals surface area contributed by atoms with Crippen molar-refractivity contribution >= 4 is 11.5 Å². The maximum Gasteiger partial charge on any atom is 0.203 e. The van der Waals surface area contributed by atoms with E-state index in [4.69, 9.17) is 15.2 Å². The molecule has 0 radical (unpaired) electrons. The second-order valence-electron chi connectivity index (χ2n) is 5.60. The summed E-state index contributed by atoms with van der Waals surface area (Å²) in [6.07, 6.45) is 0.00421. The summed E-state index contributed by atoms with van der Waals surface area (Å²) in [6, 6.07) is 11.0. The van der Waals surface area contributed by atoms with Gasteiger partial charge in [0.15, 0.2) is 6.10 Å². The number of rotatable bonds is 6. The molecule has 0 aliphatic heterocycles. The summed E-state index contributed by atoms with van der Waals surface area (Å²) in [5.41, 5.74) is 9.09. The van der Waals surface area contributed by atoms with Crippen LogP contribution in [0.4, 0.5) is 5.69 Å². The van der Waals surface area contributed by atoms with Crippen molar-refractivity contribution in [2.24, 2.45) is 0 Å². The number of Topliss-reactive ketones (excluding diaryl/α,β-unsaturated/α-hetero) is 1. The van der Waals surface area contributed by atoms with Gasteiger partial charge in [-0.05, 0) is 61.7 Å². The molecule has 0 saturated heterocycles. The first-order chi connectivity index (χ1) is 11.0. The summed E-state index contributed by atoms with van der Waals surface area (Å²) >= 11 is 0. The molecule has 122 valence electrons. The molecule has 23 heavy (non-hydrogen) atoms. The molecular weight excluding hydrogens is 290 g/mol. The van der Waals surface area contributed by atoms with E-state index in [1.54, 1.807) is 19.2 Å². The standard InChI is InChI=1S/C19H23NO3/c1-5-17(23-18-9-6-12(2)10-16(18)20)19(21)15-8-7-14(22-4)11-13(15)3/h6-11,17H,5,20H2,1-4H3. The maximum atomic E-state index is 12.8. The van der Waals surface area contributed by atoms with Crippen molar-refractivity contribution in [3.8, 4) is 11.5 Å². The van der Waals surface area contributed by atoms with Crippen molar-refractivity contribution in [1.82, 2.24) is 0 Å². The Kier molecular flexibility index (Phi) is 5.27. The van der Waals surface area contributed by atoms with Gasteiger partial charge in [0.25, 0.3) is 0 Å². The molecule has 1 unspecified atom stereocenters. The number of benzene rings is 2. The Labute approximate surface area is 137 Å². The van der Waals surface area contributed by atoms with Crippen LogP contribution in [0.3, 0.4) is 0 Å². The highest BCUT2D eigenvalue weighted by molar-refractivity contribution is 6.01. The number of ether oxygens (including phenoxy) is 2. The van der Waals surface area contributed by atoms with E-state index in [1.807, 2.05) is 45.0 Å². The van der Waals surface area contributed by atoms with E-state index in [0.29, 0.717) is 23.4 Å². The second-order valence-corrected chi connectivity index (χ2v) is 5.60. The SMILES string of the molecule is CCC(Oc1ccc(C)cc1N)C(=O)c1ccc(OC)cc1C. The molecule has 4 nitrogen and oxygen atoms in total. The quantitative estimate of drug-likeness (QED) is 0.648. The summed E-state index contributed by atoms with van der Waals surface area (Å²) in [6.45, 7) is 5.78. The molecule has 0 saturated carbocycles. The Bertz CT molecular complexity index is 710. The first kappa shape index (κ1) is 16.9. The number of carbonyl (C=O) groups excluding carboxylic acids is 1. The third-order valence-electron chi connectivity index (χ3n) is 3.80. The molecule has 2 aromatic carbocycles. The van der Waals surface area contributed by atoms with Crippen molar-refractivity contribution in [2.45, 2.75) is 33.3 Å². The zero-order chi connectivity index (χ0) is 17.0. The Hall–Kier alpha value is -2.49. The number of hydrogen-bond donors (Lipinski definition) is 1. The van der Waals surface area contributed by atoms with Gasteiger partial charge in [-0.1, -0.05) is 13.0 Å². The predicted molar refractivity (Wildman–Crippen MR) is 92.4 cm³/mol. The number of nitrogens with two attached hydrogens (primary N) is 1. The molecule has 0 spiro atoms. The van der Waals surface area contributed by atoms with Gasteiger partial charge in [-0.15, -0.1) is 0 Å². The molecule has 1 atom stereocenters. The largest absolute Gasteiger partial charge is 0.497 e. The van der Waals surface area contributed by atoms with Crippen molar-refractivity contribution in [3.63, 3.8) is 0 Å². The highest BCUT2D eigenvalue weighted by Gasteiger charge is 2.22. The fourth-order valence-electron chi connectivity index (χ4n) is 2.46. The van der Waals surface area contributed by atoms with Gasteiger partial charge in [0.2, 0.25) is 5.78 Å². The van der Waals surface area contributed by atoms with Crippen LogP contribution in [0.5, 0.6) is 11.5 Å². The smallest absolute Gasteiger partial charge is 0.203 e. The Morgan fingerprint density at radius 3 is 2.48 bits per heavy atom. The summed E-state index contributed by atoms with van der Waals surface area (Å²) in [7, 11) is 1.61. The average Bonchev–Trinajstić information content (AvgIpc) is 2.53. The third kappa shape index (κ3) is 3.83. The molecule has 0 fully saturated rings. The number of nitrogen functional groups attached to an aromatic ring is 1. The maximum absolute atomic E-state index is 12.8. The number of aryl methyl sites for hydroxylation is 2. The van der Waals surface area contributed by atoms with Gasteiger partial charge >= 0.3 is 0 Å².